The average Bonchev–Trinajstić information content (AvgIpc) is 3.03. The minimum absolute atomic E-state index is 0. The molecular weight excluding hydrogens is 363 g/mol. The predicted octanol–water partition coefficient (Wildman–Crippen LogP) is -0.919. The van der Waals surface area contributed by atoms with E-state index in [4.69, 9.17) is 0 Å². The third-order valence-corrected chi connectivity index (χ3v) is 12.9. The molecule has 0 amide bonds. The summed E-state index contributed by atoms with van der Waals surface area (Å²) in [5.74, 6) is 0. The Morgan fingerprint density at radius 3 is 2.55 bits per heavy atom. The summed E-state index contributed by atoms with van der Waals surface area (Å²) in [5.41, 5.74) is 4.06. The van der Waals surface area contributed by atoms with Crippen LogP contribution in [-0.2, 0) is 19.2 Å². The van der Waals surface area contributed by atoms with Crippen molar-refractivity contribution in [2.24, 2.45) is 0 Å². The standard InChI is InChI=1S/C13H15Si.C5H5.2ClH.Ti/c1-14(9-4-10-14)13-8-7-11-5-2-3-6-12(11)13;1-2-4-5-3-1;;;/h2-3,5-7,13H,4,9-10H2,1H3;1-3H,4H2;2*1H;/q;;;;+2/p-2. The third-order valence-electron chi connectivity index (χ3n) is 5.20. The summed E-state index contributed by atoms with van der Waals surface area (Å²) in [7, 11) is -1.03. The molecule has 114 valence electrons. The first-order valence-electron chi connectivity index (χ1n) is 7.69. The van der Waals surface area contributed by atoms with E-state index in [9.17, 15) is 0 Å². The number of hydrogen-bond donors (Lipinski definition) is 0. The third kappa shape index (κ3) is 3.12. The molecule has 3 aliphatic rings. The molecule has 1 fully saturated rings. The maximum absolute atomic E-state index is 2.66. The molecule has 1 aliphatic heterocycles. The normalized spacial score (nSPS) is 23.2. The predicted molar refractivity (Wildman–Crippen MR) is 84.8 cm³/mol. The summed E-state index contributed by atoms with van der Waals surface area (Å²) < 4.78 is 3.57. The molecule has 0 nitrogen and oxygen atoms in total. The van der Waals surface area contributed by atoms with Crippen LogP contribution in [0.3, 0.4) is 0 Å². The van der Waals surface area contributed by atoms with Crippen molar-refractivity contribution in [2.75, 3.05) is 0 Å². The number of hydrogen-bond acceptors (Lipinski definition) is 0. The Bertz CT molecular complexity index is 644. The smallest absolute Gasteiger partial charge is 1.00 e. The van der Waals surface area contributed by atoms with E-state index in [0.29, 0.717) is 0 Å². The van der Waals surface area contributed by atoms with Crippen molar-refractivity contribution >= 4 is 14.1 Å². The summed E-state index contributed by atoms with van der Waals surface area (Å²) in [6.07, 6.45) is 12.2. The fraction of sp³-hybridized carbons (Fsp3) is 0.333. The SMILES string of the molecule is C[Si]1(C2[C]([Ti+2][C]3=CC=CC3)=Cc3ccccc32)CCC1.[Cl-].[Cl-]. The topological polar surface area (TPSA) is 0 Å². The zero-order valence-electron chi connectivity index (χ0n) is 12.8. The van der Waals surface area contributed by atoms with Crippen molar-refractivity contribution in [3.8, 4) is 0 Å². The van der Waals surface area contributed by atoms with Gasteiger partial charge in [0.15, 0.2) is 0 Å². The van der Waals surface area contributed by atoms with Crippen molar-refractivity contribution in [2.45, 2.75) is 37.0 Å². The zero-order valence-corrected chi connectivity index (χ0v) is 16.9. The van der Waals surface area contributed by atoms with Gasteiger partial charge in [-0.25, -0.2) is 0 Å². The molecule has 1 unspecified atom stereocenters. The molecule has 2 aliphatic carbocycles. The molecule has 1 saturated heterocycles. The van der Waals surface area contributed by atoms with Crippen molar-refractivity contribution in [3.63, 3.8) is 0 Å². The number of fused-ring (bicyclic) bond motifs is 1. The van der Waals surface area contributed by atoms with E-state index in [1.165, 1.54) is 18.4 Å². The Hall–Kier alpha value is -0.0488. The van der Waals surface area contributed by atoms with Gasteiger partial charge in [-0.15, -0.1) is 0 Å². The molecule has 1 aromatic carbocycles. The van der Waals surface area contributed by atoms with E-state index in [2.05, 4.69) is 55.1 Å². The van der Waals surface area contributed by atoms with Crippen LogP contribution in [0.5, 0.6) is 0 Å². The van der Waals surface area contributed by atoms with Gasteiger partial charge < -0.3 is 24.8 Å². The average molecular weight is 383 g/mol. The summed E-state index contributed by atoms with van der Waals surface area (Å²) in [5, 5.41) is 0. The zero-order chi connectivity index (χ0) is 13.6. The molecule has 0 saturated carbocycles. The van der Waals surface area contributed by atoms with E-state index >= 15 is 0 Å². The maximum atomic E-state index is 2.66. The second kappa shape index (κ2) is 7.23. The van der Waals surface area contributed by atoms with Gasteiger partial charge in [0, 0.05) is 0 Å². The van der Waals surface area contributed by atoms with Gasteiger partial charge in [-0.1, -0.05) is 0 Å². The molecule has 22 heavy (non-hydrogen) atoms. The van der Waals surface area contributed by atoms with Gasteiger partial charge >= 0.3 is 132 Å². The second-order valence-corrected chi connectivity index (χ2v) is 13.8. The Labute approximate surface area is 155 Å². The van der Waals surface area contributed by atoms with E-state index in [-0.39, 0.29) is 44.0 Å². The van der Waals surface area contributed by atoms with Gasteiger partial charge in [-0.05, 0) is 0 Å². The van der Waals surface area contributed by atoms with Crippen LogP contribution in [0.2, 0.25) is 18.6 Å². The van der Waals surface area contributed by atoms with Gasteiger partial charge in [-0.2, -0.15) is 0 Å². The molecule has 0 N–H and O–H groups in total. The van der Waals surface area contributed by atoms with Gasteiger partial charge in [-0.3, -0.25) is 0 Å². The quantitative estimate of drug-likeness (QED) is 0.593. The van der Waals surface area contributed by atoms with Crippen LogP contribution in [0, 0.1) is 0 Å². The first-order valence-corrected chi connectivity index (χ1v) is 12.2. The van der Waals surface area contributed by atoms with Gasteiger partial charge in [0.25, 0.3) is 0 Å². The summed E-state index contributed by atoms with van der Waals surface area (Å²) >= 11 is -0.0668. The van der Waals surface area contributed by atoms with Crippen molar-refractivity contribution in [1.29, 1.82) is 0 Å². The minimum atomic E-state index is -1.03. The first-order chi connectivity index (χ1) is 9.76. The molecular formula is C18H20Cl2SiTi. The monoisotopic (exact) mass is 382 g/mol. The van der Waals surface area contributed by atoms with Crippen LogP contribution in [0.25, 0.3) is 6.08 Å². The molecule has 0 spiro atoms. The Morgan fingerprint density at radius 2 is 1.91 bits per heavy atom. The Balaban J connectivity index is 0.000000882. The van der Waals surface area contributed by atoms with Crippen LogP contribution in [0.1, 0.15) is 29.5 Å². The first kappa shape index (κ1) is 18.3. The Morgan fingerprint density at radius 1 is 1.14 bits per heavy atom. The van der Waals surface area contributed by atoms with Gasteiger partial charge in [0.05, 0.1) is 0 Å². The number of allylic oxidation sites excluding steroid dienone is 5. The summed E-state index contributed by atoms with van der Waals surface area (Å²) in [6, 6.07) is 12.3. The molecule has 0 bridgehead atoms. The molecule has 4 rings (SSSR count). The second-order valence-electron chi connectivity index (χ2n) is 6.62. The fourth-order valence-corrected chi connectivity index (χ4v) is 11.8. The van der Waals surface area contributed by atoms with Crippen molar-refractivity contribution in [3.05, 3.63) is 61.4 Å². The molecule has 4 heteroatoms. The van der Waals surface area contributed by atoms with Crippen LogP contribution in [0.4, 0.5) is 0 Å². The maximum Gasteiger partial charge on any atom is -1.00 e. The molecule has 0 aromatic heterocycles. The fourth-order valence-electron chi connectivity index (χ4n) is 3.93. The van der Waals surface area contributed by atoms with Crippen LogP contribution in [-0.4, -0.2) is 8.07 Å². The van der Waals surface area contributed by atoms with E-state index < -0.39 is 8.07 Å². The van der Waals surface area contributed by atoms with Gasteiger partial charge in [0.2, 0.25) is 0 Å². The molecule has 0 radical (unpaired) electrons. The minimum Gasteiger partial charge on any atom is -1.00 e. The number of rotatable bonds is 3. The number of benzene rings is 1. The number of halogens is 2. The largest absolute Gasteiger partial charge is 1.00 e. The van der Waals surface area contributed by atoms with Crippen LogP contribution in [0.15, 0.2) is 50.2 Å². The van der Waals surface area contributed by atoms with E-state index in [1.807, 2.05) is 3.88 Å². The summed E-state index contributed by atoms with van der Waals surface area (Å²) in [6.45, 7) is 2.66. The van der Waals surface area contributed by atoms with Crippen LogP contribution < -0.4 is 24.8 Å². The molecule has 1 aromatic rings. The van der Waals surface area contributed by atoms with Crippen molar-refractivity contribution in [1.82, 2.24) is 0 Å². The van der Waals surface area contributed by atoms with Crippen molar-refractivity contribution < 1.29 is 44.0 Å². The Kier molecular flexibility index (Phi) is 6.02. The molecule has 1 atom stereocenters. The molecule has 1 heterocycles. The van der Waals surface area contributed by atoms with E-state index in [1.54, 1.807) is 21.5 Å². The van der Waals surface area contributed by atoms with Gasteiger partial charge in [0.1, 0.15) is 0 Å². The van der Waals surface area contributed by atoms with E-state index in [0.717, 1.165) is 5.54 Å². The summed E-state index contributed by atoms with van der Waals surface area (Å²) in [4.78, 5) is 0. The van der Waals surface area contributed by atoms with Crippen LogP contribution >= 0.6 is 0 Å².